The van der Waals surface area contributed by atoms with E-state index in [-0.39, 0.29) is 16.9 Å². The average Bonchev–Trinajstić information content (AvgIpc) is 3.10. The minimum absolute atomic E-state index is 0.0139. The molecule has 0 aromatic heterocycles. The molecule has 0 bridgehead atoms. The van der Waals surface area contributed by atoms with Crippen LogP contribution in [0.3, 0.4) is 0 Å². The van der Waals surface area contributed by atoms with Crippen LogP contribution in [0.15, 0.2) is 66.2 Å². The third kappa shape index (κ3) is 3.90. The van der Waals surface area contributed by atoms with E-state index in [2.05, 4.69) is 0 Å². The maximum Gasteiger partial charge on any atom is 0.300 e. The standard InChI is InChI=1S/C27H24FNO5/c1-15-5-6-16(2)21(13-15)29-24(17-7-10-19(33-3)11-8-17)23(26(31)27(29)32)25(30)20-14-18(28)9-12-22(20)34-4/h5-14,24,30H,1-4H3/b25-23+. The lowest BCUT2D eigenvalue weighted by atomic mass is 9.94. The molecule has 1 heterocycles. The number of Topliss-reactive ketones (excluding diaryl/α,β-unsaturated/α-hetero) is 1. The number of carbonyl (C=O) groups excluding carboxylic acids is 2. The Bertz CT molecular complexity index is 1310. The molecule has 0 spiro atoms. The van der Waals surface area contributed by atoms with Crippen molar-refractivity contribution >= 4 is 23.1 Å². The molecule has 1 unspecified atom stereocenters. The number of rotatable bonds is 5. The molecule has 1 aliphatic rings. The van der Waals surface area contributed by atoms with Crippen molar-refractivity contribution in [1.29, 1.82) is 0 Å². The molecule has 34 heavy (non-hydrogen) atoms. The second-order valence-corrected chi connectivity index (χ2v) is 8.08. The Balaban J connectivity index is 2.01. The minimum atomic E-state index is -0.945. The van der Waals surface area contributed by atoms with Gasteiger partial charge in [-0.05, 0) is 66.9 Å². The fourth-order valence-electron chi connectivity index (χ4n) is 4.17. The fourth-order valence-corrected chi connectivity index (χ4v) is 4.17. The fraction of sp³-hybridized carbons (Fsp3) is 0.185. The lowest BCUT2D eigenvalue weighted by Crippen LogP contribution is -2.30. The summed E-state index contributed by atoms with van der Waals surface area (Å²) in [6, 6.07) is 15.1. The molecule has 174 valence electrons. The van der Waals surface area contributed by atoms with Gasteiger partial charge in [-0.2, -0.15) is 0 Å². The molecule has 7 heteroatoms. The van der Waals surface area contributed by atoms with E-state index in [1.165, 1.54) is 31.3 Å². The topological polar surface area (TPSA) is 76.1 Å². The van der Waals surface area contributed by atoms with Gasteiger partial charge in [0.2, 0.25) is 0 Å². The molecule has 6 nitrogen and oxygen atoms in total. The molecule has 4 rings (SSSR count). The van der Waals surface area contributed by atoms with Gasteiger partial charge in [0.1, 0.15) is 23.1 Å². The molecular weight excluding hydrogens is 437 g/mol. The van der Waals surface area contributed by atoms with Gasteiger partial charge in [0.25, 0.3) is 11.7 Å². The highest BCUT2D eigenvalue weighted by atomic mass is 19.1. The SMILES string of the molecule is COc1ccc(C2/C(=C(\O)c3cc(F)ccc3OC)C(=O)C(=O)N2c2cc(C)ccc2C)cc1. The number of anilines is 1. The van der Waals surface area contributed by atoms with Gasteiger partial charge >= 0.3 is 0 Å². The number of ether oxygens (including phenoxy) is 2. The lowest BCUT2D eigenvalue weighted by molar-refractivity contribution is -0.132. The van der Waals surface area contributed by atoms with Gasteiger partial charge in [0.15, 0.2) is 0 Å². The molecule has 0 radical (unpaired) electrons. The van der Waals surface area contributed by atoms with Gasteiger partial charge in [-0.3, -0.25) is 14.5 Å². The van der Waals surface area contributed by atoms with E-state index in [1.807, 2.05) is 32.0 Å². The van der Waals surface area contributed by atoms with Gasteiger partial charge in [-0.25, -0.2) is 4.39 Å². The van der Waals surface area contributed by atoms with Crippen LogP contribution in [0.25, 0.3) is 5.76 Å². The Kier molecular flexibility index (Phi) is 6.11. The first kappa shape index (κ1) is 23.0. The summed E-state index contributed by atoms with van der Waals surface area (Å²) in [5, 5.41) is 11.3. The Morgan fingerprint density at radius 1 is 0.941 bits per heavy atom. The van der Waals surface area contributed by atoms with Crippen LogP contribution in [0.4, 0.5) is 10.1 Å². The monoisotopic (exact) mass is 461 g/mol. The first-order chi connectivity index (χ1) is 16.3. The van der Waals surface area contributed by atoms with Gasteiger partial charge < -0.3 is 14.6 Å². The zero-order valence-electron chi connectivity index (χ0n) is 19.3. The van der Waals surface area contributed by atoms with Crippen molar-refractivity contribution in [2.75, 3.05) is 19.1 Å². The first-order valence-corrected chi connectivity index (χ1v) is 10.6. The predicted molar refractivity (Wildman–Crippen MR) is 127 cm³/mol. The molecular formula is C27H24FNO5. The van der Waals surface area contributed by atoms with Crippen LogP contribution >= 0.6 is 0 Å². The van der Waals surface area contributed by atoms with Crippen molar-refractivity contribution in [3.05, 3.63) is 94.3 Å². The van der Waals surface area contributed by atoms with Gasteiger partial charge in [0, 0.05) is 5.69 Å². The number of halogens is 1. The normalized spacial score (nSPS) is 17.2. The Hall–Kier alpha value is -4.13. The lowest BCUT2D eigenvalue weighted by Gasteiger charge is -2.27. The molecule has 1 N–H and O–H groups in total. The van der Waals surface area contributed by atoms with E-state index in [9.17, 15) is 19.1 Å². The number of methoxy groups -OCH3 is 2. The number of aryl methyl sites for hydroxylation is 2. The van der Waals surface area contributed by atoms with E-state index < -0.39 is 29.3 Å². The first-order valence-electron chi connectivity index (χ1n) is 10.6. The highest BCUT2D eigenvalue weighted by Crippen LogP contribution is 2.44. The number of carbonyl (C=O) groups is 2. The molecule has 1 amide bonds. The quantitative estimate of drug-likeness (QED) is 0.326. The van der Waals surface area contributed by atoms with Crippen molar-refractivity contribution in [3.63, 3.8) is 0 Å². The summed E-state index contributed by atoms with van der Waals surface area (Å²) < 4.78 is 24.6. The highest BCUT2D eigenvalue weighted by molar-refractivity contribution is 6.51. The summed E-state index contributed by atoms with van der Waals surface area (Å²) in [6.45, 7) is 3.73. The summed E-state index contributed by atoms with van der Waals surface area (Å²) in [6.07, 6.45) is 0. The number of ketones is 1. The molecule has 0 aliphatic carbocycles. The highest BCUT2D eigenvalue weighted by Gasteiger charge is 2.47. The Labute approximate surface area is 196 Å². The van der Waals surface area contributed by atoms with E-state index in [0.717, 1.165) is 17.2 Å². The second kappa shape index (κ2) is 9.02. The zero-order valence-corrected chi connectivity index (χ0v) is 19.3. The molecule has 1 atom stereocenters. The average molecular weight is 461 g/mol. The number of aliphatic hydroxyl groups excluding tert-OH is 1. The van der Waals surface area contributed by atoms with Crippen molar-refractivity contribution in [2.45, 2.75) is 19.9 Å². The number of hydrogen-bond acceptors (Lipinski definition) is 5. The van der Waals surface area contributed by atoms with Crippen LogP contribution in [0.1, 0.15) is 28.3 Å². The number of benzene rings is 3. The molecule has 3 aromatic rings. The molecule has 1 saturated heterocycles. The van der Waals surface area contributed by atoms with Crippen LogP contribution < -0.4 is 14.4 Å². The predicted octanol–water partition coefficient (Wildman–Crippen LogP) is 5.09. The van der Waals surface area contributed by atoms with Crippen LogP contribution in [-0.4, -0.2) is 31.0 Å². The summed E-state index contributed by atoms with van der Waals surface area (Å²) >= 11 is 0. The molecule has 1 aliphatic heterocycles. The smallest absolute Gasteiger partial charge is 0.300 e. The van der Waals surface area contributed by atoms with Crippen molar-refractivity contribution in [2.24, 2.45) is 0 Å². The Morgan fingerprint density at radius 3 is 2.29 bits per heavy atom. The van der Waals surface area contributed by atoms with Crippen LogP contribution in [0.2, 0.25) is 0 Å². The molecule has 1 fully saturated rings. The van der Waals surface area contributed by atoms with Crippen molar-refractivity contribution in [3.8, 4) is 11.5 Å². The van der Waals surface area contributed by atoms with Crippen LogP contribution in [-0.2, 0) is 9.59 Å². The maximum absolute atomic E-state index is 14.1. The number of aliphatic hydroxyl groups is 1. The second-order valence-electron chi connectivity index (χ2n) is 8.08. The van der Waals surface area contributed by atoms with Crippen LogP contribution in [0.5, 0.6) is 11.5 Å². The van der Waals surface area contributed by atoms with E-state index in [4.69, 9.17) is 9.47 Å². The number of hydrogen-bond donors (Lipinski definition) is 1. The summed E-state index contributed by atoms with van der Waals surface area (Å²) in [4.78, 5) is 28.0. The van der Waals surface area contributed by atoms with E-state index in [0.29, 0.717) is 17.0 Å². The Morgan fingerprint density at radius 2 is 1.65 bits per heavy atom. The van der Waals surface area contributed by atoms with Crippen molar-refractivity contribution in [1.82, 2.24) is 0 Å². The minimum Gasteiger partial charge on any atom is -0.507 e. The van der Waals surface area contributed by atoms with E-state index >= 15 is 0 Å². The van der Waals surface area contributed by atoms with E-state index in [1.54, 1.807) is 24.3 Å². The summed E-state index contributed by atoms with van der Waals surface area (Å²) in [7, 11) is 2.91. The number of amides is 1. The van der Waals surface area contributed by atoms with Crippen molar-refractivity contribution < 1.29 is 28.6 Å². The van der Waals surface area contributed by atoms with Gasteiger partial charge in [-0.1, -0.05) is 24.3 Å². The third-order valence-corrected chi connectivity index (χ3v) is 5.92. The van der Waals surface area contributed by atoms with Gasteiger partial charge in [-0.15, -0.1) is 0 Å². The molecule has 0 saturated carbocycles. The van der Waals surface area contributed by atoms with Crippen LogP contribution in [0, 0.1) is 19.7 Å². The van der Waals surface area contributed by atoms with Gasteiger partial charge in [0.05, 0.1) is 31.4 Å². The summed E-state index contributed by atoms with van der Waals surface area (Å²) in [5.74, 6) is -2.02. The largest absolute Gasteiger partial charge is 0.507 e. The zero-order chi connectivity index (χ0) is 24.6. The maximum atomic E-state index is 14.1. The summed E-state index contributed by atoms with van der Waals surface area (Å²) in [5.41, 5.74) is 2.66. The molecule has 3 aromatic carbocycles. The third-order valence-electron chi connectivity index (χ3n) is 5.92. The number of nitrogens with zero attached hydrogens (tertiary/aromatic N) is 1.